The second-order valence-corrected chi connectivity index (χ2v) is 6.71. The van der Waals surface area contributed by atoms with Crippen LogP contribution < -0.4 is 10.5 Å². The number of nitrogens with one attached hydrogen (secondary N) is 1. The molecule has 1 aliphatic rings. The molecule has 0 aliphatic heterocycles. The van der Waals surface area contributed by atoms with Crippen molar-refractivity contribution in [1.29, 1.82) is 0 Å². The molecular formula is C12H17N3O4S. The van der Waals surface area contributed by atoms with Gasteiger partial charge in [-0.15, -0.1) is 0 Å². The van der Waals surface area contributed by atoms with Gasteiger partial charge in [-0.05, 0) is 31.4 Å². The summed E-state index contributed by atoms with van der Waals surface area (Å²) in [6.45, 7) is 0. The predicted molar refractivity (Wildman–Crippen MR) is 73.6 cm³/mol. The van der Waals surface area contributed by atoms with Crippen LogP contribution in [0.25, 0.3) is 0 Å². The first-order valence-electron chi connectivity index (χ1n) is 6.41. The van der Waals surface area contributed by atoms with E-state index in [1.54, 1.807) is 0 Å². The summed E-state index contributed by atoms with van der Waals surface area (Å²) in [5.74, 6) is 0. The van der Waals surface area contributed by atoms with E-state index < -0.39 is 14.9 Å². The second-order valence-electron chi connectivity index (χ2n) is 5.00. The van der Waals surface area contributed by atoms with Crippen molar-refractivity contribution in [1.82, 2.24) is 4.72 Å². The maximum atomic E-state index is 12.2. The number of nitrogens with zero attached hydrogens (tertiary/aromatic N) is 1. The lowest BCUT2D eigenvalue weighted by Gasteiger charge is -2.27. The van der Waals surface area contributed by atoms with E-state index in [4.69, 9.17) is 5.73 Å². The van der Waals surface area contributed by atoms with Crippen LogP contribution in [0, 0.1) is 10.1 Å². The largest absolute Gasteiger partial charge is 0.328 e. The number of hydrogen-bond acceptors (Lipinski definition) is 5. The number of non-ortho nitro benzene ring substituents is 1. The first kappa shape index (κ1) is 14.9. The summed E-state index contributed by atoms with van der Waals surface area (Å²) in [7, 11) is -3.65. The van der Waals surface area contributed by atoms with E-state index in [1.807, 2.05) is 0 Å². The number of rotatable bonds is 4. The molecule has 3 N–H and O–H groups in total. The molecule has 20 heavy (non-hydrogen) atoms. The normalized spacial score (nSPS) is 23.4. The Bertz CT molecular complexity index is 585. The van der Waals surface area contributed by atoms with Gasteiger partial charge in [-0.3, -0.25) is 10.1 Å². The molecule has 0 radical (unpaired) electrons. The van der Waals surface area contributed by atoms with E-state index in [9.17, 15) is 18.5 Å². The van der Waals surface area contributed by atoms with E-state index >= 15 is 0 Å². The smallest absolute Gasteiger partial charge is 0.269 e. The molecule has 2 atom stereocenters. The topological polar surface area (TPSA) is 115 Å². The minimum Gasteiger partial charge on any atom is -0.328 e. The van der Waals surface area contributed by atoms with Crippen molar-refractivity contribution in [3.8, 4) is 0 Å². The Kier molecular flexibility index (Phi) is 4.36. The van der Waals surface area contributed by atoms with Crippen LogP contribution in [-0.2, 0) is 10.0 Å². The van der Waals surface area contributed by atoms with E-state index in [2.05, 4.69) is 4.72 Å². The van der Waals surface area contributed by atoms with Crippen molar-refractivity contribution in [3.05, 3.63) is 34.4 Å². The summed E-state index contributed by atoms with van der Waals surface area (Å²) in [5, 5.41) is 10.5. The molecule has 1 aromatic carbocycles. The molecule has 1 aromatic rings. The first-order valence-corrected chi connectivity index (χ1v) is 7.89. The van der Waals surface area contributed by atoms with Gasteiger partial charge in [-0.25, -0.2) is 13.1 Å². The Hall–Kier alpha value is -1.51. The van der Waals surface area contributed by atoms with Crippen LogP contribution in [0.15, 0.2) is 29.2 Å². The molecule has 2 rings (SSSR count). The Morgan fingerprint density at radius 1 is 1.25 bits per heavy atom. The molecule has 0 saturated heterocycles. The summed E-state index contributed by atoms with van der Waals surface area (Å²) in [5.41, 5.74) is 5.69. The van der Waals surface area contributed by atoms with Crippen molar-refractivity contribution >= 4 is 15.7 Å². The predicted octanol–water partition coefficient (Wildman–Crippen LogP) is 1.14. The molecule has 2 unspecified atom stereocenters. The highest BCUT2D eigenvalue weighted by Crippen LogP contribution is 2.20. The van der Waals surface area contributed by atoms with Crippen LogP contribution in [0.2, 0.25) is 0 Å². The van der Waals surface area contributed by atoms with Gasteiger partial charge in [0.05, 0.1) is 9.82 Å². The van der Waals surface area contributed by atoms with Gasteiger partial charge in [0, 0.05) is 24.2 Å². The van der Waals surface area contributed by atoms with Gasteiger partial charge in [0.1, 0.15) is 0 Å². The average Bonchev–Trinajstić information content (AvgIpc) is 2.38. The third kappa shape index (κ3) is 3.53. The van der Waals surface area contributed by atoms with Crippen LogP contribution in [0.3, 0.4) is 0 Å². The van der Waals surface area contributed by atoms with Crippen LogP contribution >= 0.6 is 0 Å². The first-order chi connectivity index (χ1) is 9.38. The van der Waals surface area contributed by atoms with Crippen molar-refractivity contribution in [2.75, 3.05) is 0 Å². The van der Waals surface area contributed by atoms with Gasteiger partial charge < -0.3 is 5.73 Å². The van der Waals surface area contributed by atoms with E-state index in [0.717, 1.165) is 19.3 Å². The highest BCUT2D eigenvalue weighted by molar-refractivity contribution is 7.89. The SMILES string of the molecule is NC1CCCC(NS(=O)(=O)c2ccc([N+](=O)[O-])cc2)C1. The van der Waals surface area contributed by atoms with Crippen molar-refractivity contribution < 1.29 is 13.3 Å². The van der Waals surface area contributed by atoms with Crippen molar-refractivity contribution in [3.63, 3.8) is 0 Å². The minimum atomic E-state index is -3.65. The van der Waals surface area contributed by atoms with Crippen LogP contribution in [-0.4, -0.2) is 25.4 Å². The van der Waals surface area contributed by atoms with E-state index in [0.29, 0.717) is 6.42 Å². The Balaban J connectivity index is 2.11. The second kappa shape index (κ2) is 5.86. The lowest BCUT2D eigenvalue weighted by Crippen LogP contribution is -2.42. The lowest BCUT2D eigenvalue weighted by molar-refractivity contribution is -0.384. The van der Waals surface area contributed by atoms with E-state index in [1.165, 1.54) is 24.3 Å². The number of hydrogen-bond donors (Lipinski definition) is 2. The molecule has 1 aliphatic carbocycles. The quantitative estimate of drug-likeness (QED) is 0.639. The summed E-state index contributed by atoms with van der Waals surface area (Å²) >= 11 is 0. The number of nitro benzene ring substituents is 1. The molecule has 0 bridgehead atoms. The van der Waals surface area contributed by atoms with Crippen molar-refractivity contribution in [2.24, 2.45) is 5.73 Å². The van der Waals surface area contributed by atoms with Gasteiger partial charge in [0.15, 0.2) is 0 Å². The summed E-state index contributed by atoms with van der Waals surface area (Å²) < 4.78 is 26.9. The molecule has 0 spiro atoms. The van der Waals surface area contributed by atoms with Gasteiger partial charge in [0.25, 0.3) is 5.69 Å². The fourth-order valence-corrected chi connectivity index (χ4v) is 3.65. The number of nitro groups is 1. The number of nitrogens with two attached hydrogens (primary N) is 1. The third-order valence-electron chi connectivity index (χ3n) is 3.39. The monoisotopic (exact) mass is 299 g/mol. The molecule has 110 valence electrons. The molecule has 0 heterocycles. The Morgan fingerprint density at radius 2 is 1.90 bits per heavy atom. The molecule has 0 amide bonds. The summed E-state index contributed by atoms with van der Waals surface area (Å²) in [6.07, 6.45) is 3.19. The standard InChI is InChI=1S/C12H17N3O4S/c13-9-2-1-3-10(8-9)14-20(18,19)12-6-4-11(5-7-12)15(16)17/h4-7,9-10,14H,1-3,8,13H2. The average molecular weight is 299 g/mol. The molecular weight excluding hydrogens is 282 g/mol. The fourth-order valence-electron chi connectivity index (χ4n) is 2.37. The minimum absolute atomic E-state index is 0.0216. The summed E-state index contributed by atoms with van der Waals surface area (Å²) in [6, 6.07) is 4.70. The zero-order valence-corrected chi connectivity index (χ0v) is 11.7. The fraction of sp³-hybridized carbons (Fsp3) is 0.500. The number of sulfonamides is 1. The van der Waals surface area contributed by atoms with Crippen LogP contribution in [0.5, 0.6) is 0 Å². The molecule has 0 aromatic heterocycles. The molecule has 8 heteroatoms. The zero-order chi connectivity index (χ0) is 14.8. The van der Waals surface area contributed by atoms with Gasteiger partial charge in [-0.2, -0.15) is 0 Å². The van der Waals surface area contributed by atoms with Crippen LogP contribution in [0.4, 0.5) is 5.69 Å². The Labute approximate surface area is 117 Å². The molecule has 1 fully saturated rings. The Morgan fingerprint density at radius 3 is 2.45 bits per heavy atom. The van der Waals surface area contributed by atoms with E-state index in [-0.39, 0.29) is 22.7 Å². The number of benzene rings is 1. The lowest BCUT2D eigenvalue weighted by atomic mass is 9.92. The molecule has 7 nitrogen and oxygen atoms in total. The maximum Gasteiger partial charge on any atom is 0.269 e. The molecule has 1 saturated carbocycles. The third-order valence-corrected chi connectivity index (χ3v) is 4.93. The highest BCUT2D eigenvalue weighted by Gasteiger charge is 2.25. The summed E-state index contributed by atoms with van der Waals surface area (Å²) in [4.78, 5) is 10.0. The van der Waals surface area contributed by atoms with Gasteiger partial charge in [0.2, 0.25) is 10.0 Å². The highest BCUT2D eigenvalue weighted by atomic mass is 32.2. The van der Waals surface area contributed by atoms with Crippen molar-refractivity contribution in [2.45, 2.75) is 42.7 Å². The van der Waals surface area contributed by atoms with Gasteiger partial charge in [-0.1, -0.05) is 6.42 Å². The van der Waals surface area contributed by atoms with Crippen LogP contribution in [0.1, 0.15) is 25.7 Å². The van der Waals surface area contributed by atoms with Gasteiger partial charge >= 0.3 is 0 Å². The zero-order valence-electron chi connectivity index (χ0n) is 10.9. The maximum absolute atomic E-state index is 12.2.